The number of amides is 1. The standard InChI is InChI=1S/C21H21N5O4S/c1-12-6-5-7-15(10-12)30-13(2)19(27)22-20-25-26-18(23-24-21(26)31-20)14-8-9-16(28-3)17(11-14)29-4/h5-11,13H,1-4H3,(H,22,25,27). The molecule has 2 aromatic carbocycles. The monoisotopic (exact) mass is 439 g/mol. The molecule has 160 valence electrons. The number of anilines is 1. The van der Waals surface area contributed by atoms with Crippen molar-refractivity contribution in [3.63, 3.8) is 0 Å². The second kappa shape index (κ2) is 8.60. The summed E-state index contributed by atoms with van der Waals surface area (Å²) in [6.07, 6.45) is -0.693. The van der Waals surface area contributed by atoms with Crippen molar-refractivity contribution in [2.75, 3.05) is 19.5 Å². The van der Waals surface area contributed by atoms with Crippen LogP contribution in [0.1, 0.15) is 12.5 Å². The van der Waals surface area contributed by atoms with Gasteiger partial charge in [-0.25, -0.2) is 0 Å². The summed E-state index contributed by atoms with van der Waals surface area (Å²) in [6.45, 7) is 3.65. The minimum absolute atomic E-state index is 0.306. The molecule has 0 radical (unpaired) electrons. The highest BCUT2D eigenvalue weighted by Crippen LogP contribution is 2.32. The smallest absolute Gasteiger partial charge is 0.266 e. The van der Waals surface area contributed by atoms with Crippen molar-refractivity contribution >= 4 is 27.3 Å². The normalized spacial score (nSPS) is 11.9. The highest BCUT2D eigenvalue weighted by molar-refractivity contribution is 7.20. The fourth-order valence-corrected chi connectivity index (χ4v) is 3.72. The zero-order valence-corrected chi connectivity index (χ0v) is 18.3. The molecule has 0 saturated carbocycles. The molecule has 0 aliphatic rings. The Kier molecular flexibility index (Phi) is 5.72. The number of ether oxygens (including phenoxy) is 3. The largest absolute Gasteiger partial charge is 0.493 e. The first-order chi connectivity index (χ1) is 15.0. The molecule has 0 spiro atoms. The molecule has 1 atom stereocenters. The van der Waals surface area contributed by atoms with Crippen LogP contribution in [0.3, 0.4) is 0 Å². The number of hydrogen-bond donors (Lipinski definition) is 1. The molecule has 1 unspecified atom stereocenters. The lowest BCUT2D eigenvalue weighted by Gasteiger charge is -2.13. The van der Waals surface area contributed by atoms with Crippen LogP contribution in [0.25, 0.3) is 16.3 Å². The molecule has 31 heavy (non-hydrogen) atoms. The van der Waals surface area contributed by atoms with E-state index in [1.165, 1.54) is 11.3 Å². The van der Waals surface area contributed by atoms with E-state index in [1.807, 2.05) is 37.3 Å². The number of nitrogens with one attached hydrogen (secondary N) is 1. The van der Waals surface area contributed by atoms with Gasteiger partial charge in [-0.05, 0) is 49.7 Å². The minimum atomic E-state index is -0.693. The van der Waals surface area contributed by atoms with E-state index in [4.69, 9.17) is 14.2 Å². The van der Waals surface area contributed by atoms with Crippen LogP contribution in [0.5, 0.6) is 17.2 Å². The van der Waals surface area contributed by atoms with E-state index in [2.05, 4.69) is 20.6 Å². The number of carbonyl (C=O) groups is 1. The molecule has 0 aliphatic carbocycles. The molecular formula is C21H21N5O4S. The highest BCUT2D eigenvalue weighted by atomic mass is 32.1. The Morgan fingerprint density at radius 2 is 1.90 bits per heavy atom. The number of hydrogen-bond acceptors (Lipinski definition) is 8. The first kappa shape index (κ1) is 20.6. The lowest BCUT2D eigenvalue weighted by molar-refractivity contribution is -0.122. The Labute approximate surface area is 182 Å². The summed E-state index contributed by atoms with van der Waals surface area (Å²) in [5.41, 5.74) is 1.81. The van der Waals surface area contributed by atoms with Crippen molar-refractivity contribution in [3.8, 4) is 28.6 Å². The van der Waals surface area contributed by atoms with Gasteiger partial charge in [0.25, 0.3) is 5.91 Å². The van der Waals surface area contributed by atoms with E-state index in [9.17, 15) is 4.79 Å². The van der Waals surface area contributed by atoms with Crippen molar-refractivity contribution in [2.45, 2.75) is 20.0 Å². The van der Waals surface area contributed by atoms with Crippen LogP contribution in [-0.4, -0.2) is 46.0 Å². The average molecular weight is 439 g/mol. The molecule has 10 heteroatoms. The van der Waals surface area contributed by atoms with Gasteiger partial charge in [0, 0.05) is 5.56 Å². The maximum atomic E-state index is 12.6. The zero-order valence-electron chi connectivity index (χ0n) is 17.4. The van der Waals surface area contributed by atoms with Gasteiger partial charge >= 0.3 is 0 Å². The molecule has 1 amide bonds. The fourth-order valence-electron chi connectivity index (χ4n) is 2.98. The van der Waals surface area contributed by atoms with Crippen LogP contribution < -0.4 is 19.5 Å². The number of benzene rings is 2. The molecule has 0 aliphatic heterocycles. The maximum absolute atomic E-state index is 12.6. The molecule has 0 saturated heterocycles. The molecule has 0 bridgehead atoms. The van der Waals surface area contributed by atoms with E-state index < -0.39 is 6.10 Å². The number of aromatic nitrogens is 4. The molecule has 9 nitrogen and oxygen atoms in total. The van der Waals surface area contributed by atoms with E-state index in [1.54, 1.807) is 37.8 Å². The lowest BCUT2D eigenvalue weighted by Crippen LogP contribution is -2.30. The first-order valence-corrected chi connectivity index (χ1v) is 10.3. The minimum Gasteiger partial charge on any atom is -0.493 e. The van der Waals surface area contributed by atoms with Crippen molar-refractivity contribution in [3.05, 3.63) is 48.0 Å². The topological polar surface area (TPSA) is 99.9 Å². The van der Waals surface area contributed by atoms with E-state index in [0.717, 1.165) is 11.1 Å². The summed E-state index contributed by atoms with van der Waals surface area (Å²) in [6, 6.07) is 13.0. The van der Waals surface area contributed by atoms with Gasteiger partial charge < -0.3 is 14.2 Å². The summed E-state index contributed by atoms with van der Waals surface area (Å²) in [7, 11) is 3.14. The number of methoxy groups -OCH3 is 2. The predicted molar refractivity (Wildman–Crippen MR) is 117 cm³/mol. The first-order valence-electron chi connectivity index (χ1n) is 9.47. The molecule has 2 heterocycles. The number of aryl methyl sites for hydroxylation is 1. The SMILES string of the molecule is COc1ccc(-c2nnc3sc(NC(=O)C(C)Oc4cccc(C)c4)nn23)cc1OC. The second-order valence-electron chi connectivity index (χ2n) is 6.76. The van der Waals surface area contributed by atoms with Crippen molar-refractivity contribution in [1.29, 1.82) is 0 Å². The quantitative estimate of drug-likeness (QED) is 0.470. The van der Waals surface area contributed by atoms with Crippen LogP contribution in [0.4, 0.5) is 5.13 Å². The molecule has 0 fully saturated rings. The van der Waals surface area contributed by atoms with Gasteiger partial charge in [0.05, 0.1) is 14.2 Å². The summed E-state index contributed by atoms with van der Waals surface area (Å²) in [5, 5.41) is 16.0. The Balaban J connectivity index is 1.53. The van der Waals surface area contributed by atoms with E-state index in [-0.39, 0.29) is 5.91 Å². The molecular weight excluding hydrogens is 418 g/mol. The van der Waals surface area contributed by atoms with Crippen LogP contribution in [0, 0.1) is 6.92 Å². The Hall–Kier alpha value is -3.66. The van der Waals surface area contributed by atoms with Crippen LogP contribution in [0.2, 0.25) is 0 Å². The van der Waals surface area contributed by atoms with Crippen LogP contribution in [0.15, 0.2) is 42.5 Å². The van der Waals surface area contributed by atoms with Crippen LogP contribution in [-0.2, 0) is 4.79 Å². The summed E-state index contributed by atoms with van der Waals surface area (Å²) >= 11 is 1.22. The van der Waals surface area contributed by atoms with E-state index >= 15 is 0 Å². The van der Waals surface area contributed by atoms with Gasteiger partial charge in [0.15, 0.2) is 23.4 Å². The molecule has 4 aromatic rings. The average Bonchev–Trinajstić information content (AvgIpc) is 3.33. The second-order valence-corrected chi connectivity index (χ2v) is 7.72. The third-order valence-electron chi connectivity index (χ3n) is 4.53. The molecule has 2 aromatic heterocycles. The third kappa shape index (κ3) is 4.29. The Morgan fingerprint density at radius 3 is 2.65 bits per heavy atom. The number of nitrogens with zero attached hydrogens (tertiary/aromatic N) is 4. The molecule has 1 N–H and O–H groups in total. The molecule has 4 rings (SSSR count). The number of rotatable bonds is 7. The number of fused-ring (bicyclic) bond motifs is 1. The van der Waals surface area contributed by atoms with Crippen molar-refractivity contribution in [2.24, 2.45) is 0 Å². The Bertz CT molecular complexity index is 1240. The fraction of sp³-hybridized carbons (Fsp3) is 0.238. The van der Waals surface area contributed by atoms with E-state index in [0.29, 0.717) is 33.2 Å². The zero-order chi connectivity index (χ0) is 22.0. The number of carbonyl (C=O) groups excluding carboxylic acids is 1. The van der Waals surface area contributed by atoms with Crippen molar-refractivity contribution in [1.82, 2.24) is 19.8 Å². The predicted octanol–water partition coefficient (Wildman–Crippen LogP) is 3.58. The lowest BCUT2D eigenvalue weighted by atomic mass is 10.2. The Morgan fingerprint density at radius 1 is 1.10 bits per heavy atom. The summed E-state index contributed by atoms with van der Waals surface area (Å²) in [5.74, 6) is 2.04. The highest BCUT2D eigenvalue weighted by Gasteiger charge is 2.20. The summed E-state index contributed by atoms with van der Waals surface area (Å²) < 4.78 is 17.9. The van der Waals surface area contributed by atoms with Gasteiger partial charge in [-0.15, -0.1) is 15.3 Å². The van der Waals surface area contributed by atoms with Gasteiger partial charge in [-0.1, -0.05) is 23.5 Å². The third-order valence-corrected chi connectivity index (χ3v) is 5.35. The van der Waals surface area contributed by atoms with Gasteiger partial charge in [-0.2, -0.15) is 4.52 Å². The van der Waals surface area contributed by atoms with Gasteiger partial charge in [0.1, 0.15) is 5.75 Å². The maximum Gasteiger partial charge on any atom is 0.266 e. The van der Waals surface area contributed by atoms with Gasteiger partial charge in [-0.3, -0.25) is 10.1 Å². The van der Waals surface area contributed by atoms with Crippen LogP contribution >= 0.6 is 11.3 Å². The van der Waals surface area contributed by atoms with Gasteiger partial charge in [0.2, 0.25) is 10.1 Å². The van der Waals surface area contributed by atoms with Crippen molar-refractivity contribution < 1.29 is 19.0 Å². The summed E-state index contributed by atoms with van der Waals surface area (Å²) in [4.78, 5) is 13.1.